The van der Waals surface area contributed by atoms with Crippen molar-refractivity contribution in [3.05, 3.63) is 63.6 Å². The van der Waals surface area contributed by atoms with E-state index in [0.717, 1.165) is 5.56 Å². The minimum Gasteiger partial charge on any atom is -0.496 e. The molecule has 0 spiro atoms. The van der Waals surface area contributed by atoms with Crippen molar-refractivity contribution in [3.8, 4) is 5.75 Å². The van der Waals surface area contributed by atoms with Crippen LogP contribution in [0, 0.1) is 6.92 Å². The van der Waals surface area contributed by atoms with Gasteiger partial charge in [-0.25, -0.2) is 4.79 Å². The maximum Gasteiger partial charge on any atom is 0.338 e. The summed E-state index contributed by atoms with van der Waals surface area (Å²) in [7, 11) is 1.55. The van der Waals surface area contributed by atoms with Gasteiger partial charge in [0.1, 0.15) is 5.75 Å². The van der Waals surface area contributed by atoms with Gasteiger partial charge in [-0.2, -0.15) is 0 Å². The Labute approximate surface area is 137 Å². The molecule has 0 heterocycles. The summed E-state index contributed by atoms with van der Waals surface area (Å²) in [4.78, 5) is 23.9. The molecule has 0 atom stereocenters. The van der Waals surface area contributed by atoms with Crippen molar-refractivity contribution >= 4 is 27.7 Å². The Kier molecular flexibility index (Phi) is 5.33. The molecule has 0 bridgehead atoms. The number of carbonyl (C=O) groups is 2. The van der Waals surface area contributed by atoms with Crippen LogP contribution in [0.1, 0.15) is 26.3 Å². The number of hydrogen-bond acceptors (Lipinski definition) is 4. The first-order valence-corrected chi connectivity index (χ1v) is 7.41. The smallest absolute Gasteiger partial charge is 0.338 e. The average molecular weight is 363 g/mol. The molecule has 0 saturated heterocycles. The Morgan fingerprint density at radius 1 is 1.05 bits per heavy atom. The zero-order valence-corrected chi connectivity index (χ0v) is 13.8. The molecule has 0 N–H and O–H groups in total. The van der Waals surface area contributed by atoms with Gasteiger partial charge in [-0.3, -0.25) is 4.79 Å². The molecule has 2 aromatic rings. The molecule has 0 aliphatic heterocycles. The number of benzene rings is 2. The number of halogens is 1. The second-order valence-electron chi connectivity index (χ2n) is 4.71. The molecule has 0 saturated carbocycles. The highest BCUT2D eigenvalue weighted by Gasteiger charge is 2.13. The molecule has 0 aliphatic carbocycles. The van der Waals surface area contributed by atoms with Crippen molar-refractivity contribution < 1.29 is 19.1 Å². The summed E-state index contributed by atoms with van der Waals surface area (Å²) in [6, 6.07) is 11.9. The molecule has 0 fully saturated rings. The molecule has 0 unspecified atom stereocenters. The molecule has 0 aromatic heterocycles. The van der Waals surface area contributed by atoms with Crippen LogP contribution in [-0.2, 0) is 4.74 Å². The Balaban J connectivity index is 1.99. The van der Waals surface area contributed by atoms with Crippen molar-refractivity contribution in [1.29, 1.82) is 0 Å². The van der Waals surface area contributed by atoms with Crippen LogP contribution < -0.4 is 4.74 Å². The summed E-state index contributed by atoms with van der Waals surface area (Å²) < 4.78 is 10.8. The van der Waals surface area contributed by atoms with Gasteiger partial charge in [0.15, 0.2) is 12.4 Å². The number of Topliss-reactive ketones (excluding diaryl/α,β-unsaturated/α-hetero) is 1. The average Bonchev–Trinajstić information content (AvgIpc) is 2.52. The van der Waals surface area contributed by atoms with Gasteiger partial charge in [0, 0.05) is 5.56 Å². The van der Waals surface area contributed by atoms with Crippen LogP contribution >= 0.6 is 15.9 Å². The number of aryl methyl sites for hydroxylation is 1. The SMILES string of the molecule is COc1ccc(C(=O)COC(=O)c2ccc(C)cc2)cc1Br. The van der Waals surface area contributed by atoms with Crippen molar-refractivity contribution in [3.63, 3.8) is 0 Å². The highest BCUT2D eigenvalue weighted by molar-refractivity contribution is 9.10. The number of hydrogen-bond donors (Lipinski definition) is 0. The van der Waals surface area contributed by atoms with Crippen LogP contribution in [0.15, 0.2) is 46.9 Å². The number of methoxy groups -OCH3 is 1. The van der Waals surface area contributed by atoms with E-state index in [-0.39, 0.29) is 12.4 Å². The number of ether oxygens (including phenoxy) is 2. The molecule has 0 radical (unpaired) electrons. The molecular weight excluding hydrogens is 348 g/mol. The lowest BCUT2D eigenvalue weighted by molar-refractivity contribution is 0.0474. The van der Waals surface area contributed by atoms with Crippen LogP contribution in [0.5, 0.6) is 5.75 Å². The van der Waals surface area contributed by atoms with Crippen LogP contribution in [0.3, 0.4) is 0 Å². The molecule has 22 heavy (non-hydrogen) atoms. The second kappa shape index (κ2) is 7.22. The molecule has 2 rings (SSSR count). The first-order chi connectivity index (χ1) is 10.5. The third-order valence-corrected chi connectivity index (χ3v) is 3.72. The van der Waals surface area contributed by atoms with Crippen molar-refractivity contribution in [2.45, 2.75) is 6.92 Å². The lowest BCUT2D eigenvalue weighted by Crippen LogP contribution is -2.14. The summed E-state index contributed by atoms with van der Waals surface area (Å²) in [6.45, 7) is 1.63. The van der Waals surface area contributed by atoms with Gasteiger partial charge < -0.3 is 9.47 Å². The second-order valence-corrected chi connectivity index (χ2v) is 5.57. The first kappa shape index (κ1) is 16.2. The van der Waals surface area contributed by atoms with Crippen LogP contribution in [0.4, 0.5) is 0 Å². The largest absolute Gasteiger partial charge is 0.496 e. The van der Waals surface area contributed by atoms with Gasteiger partial charge in [-0.1, -0.05) is 17.7 Å². The lowest BCUT2D eigenvalue weighted by Gasteiger charge is -2.07. The van der Waals surface area contributed by atoms with E-state index in [2.05, 4.69) is 15.9 Å². The molecule has 0 amide bonds. The number of carbonyl (C=O) groups excluding carboxylic acids is 2. The number of ketones is 1. The zero-order chi connectivity index (χ0) is 16.1. The summed E-state index contributed by atoms with van der Waals surface area (Å²) in [5.41, 5.74) is 1.93. The molecule has 4 nitrogen and oxygen atoms in total. The van der Waals surface area contributed by atoms with Crippen molar-refractivity contribution in [1.82, 2.24) is 0 Å². The van der Waals surface area contributed by atoms with E-state index in [1.165, 1.54) is 0 Å². The Morgan fingerprint density at radius 3 is 2.27 bits per heavy atom. The fourth-order valence-electron chi connectivity index (χ4n) is 1.83. The maximum atomic E-state index is 12.0. The lowest BCUT2D eigenvalue weighted by atomic mass is 10.1. The van der Waals surface area contributed by atoms with E-state index in [4.69, 9.17) is 9.47 Å². The standard InChI is InChI=1S/C17H15BrO4/c1-11-3-5-12(6-4-11)17(20)22-10-15(19)13-7-8-16(21-2)14(18)9-13/h3-9H,10H2,1-2H3. The predicted octanol–water partition coefficient (Wildman–Crippen LogP) is 3.81. The number of rotatable bonds is 5. The molecule has 114 valence electrons. The van der Waals surface area contributed by atoms with Crippen LogP contribution in [0.2, 0.25) is 0 Å². The highest BCUT2D eigenvalue weighted by atomic mass is 79.9. The summed E-state index contributed by atoms with van der Waals surface area (Å²) >= 11 is 3.31. The Morgan fingerprint density at radius 2 is 1.68 bits per heavy atom. The van der Waals surface area contributed by atoms with Crippen molar-refractivity contribution in [2.24, 2.45) is 0 Å². The molecule has 0 aliphatic rings. The maximum absolute atomic E-state index is 12.0. The Bertz CT molecular complexity index is 692. The fraction of sp³-hybridized carbons (Fsp3) is 0.176. The minimum atomic E-state index is -0.513. The molecule has 5 heteroatoms. The van der Waals surface area contributed by atoms with E-state index in [0.29, 0.717) is 21.3 Å². The van der Waals surface area contributed by atoms with Gasteiger partial charge in [-0.05, 0) is 53.2 Å². The normalized spacial score (nSPS) is 10.1. The quantitative estimate of drug-likeness (QED) is 0.599. The summed E-state index contributed by atoms with van der Waals surface area (Å²) in [6.07, 6.45) is 0. The first-order valence-electron chi connectivity index (χ1n) is 6.62. The van der Waals surface area contributed by atoms with Crippen molar-refractivity contribution in [2.75, 3.05) is 13.7 Å². The van der Waals surface area contributed by atoms with Gasteiger partial charge >= 0.3 is 5.97 Å². The van der Waals surface area contributed by atoms with Gasteiger partial charge in [-0.15, -0.1) is 0 Å². The van der Waals surface area contributed by atoms with Gasteiger partial charge in [0.05, 0.1) is 17.1 Å². The van der Waals surface area contributed by atoms with E-state index in [1.807, 2.05) is 19.1 Å². The third kappa shape index (κ3) is 3.95. The highest BCUT2D eigenvalue weighted by Crippen LogP contribution is 2.25. The van der Waals surface area contributed by atoms with Crippen LogP contribution in [0.25, 0.3) is 0 Å². The van der Waals surface area contributed by atoms with E-state index in [9.17, 15) is 9.59 Å². The zero-order valence-electron chi connectivity index (χ0n) is 12.3. The van der Waals surface area contributed by atoms with E-state index >= 15 is 0 Å². The van der Waals surface area contributed by atoms with Crippen LogP contribution in [-0.4, -0.2) is 25.5 Å². The predicted molar refractivity (Wildman–Crippen MR) is 86.5 cm³/mol. The van der Waals surface area contributed by atoms with E-state index < -0.39 is 5.97 Å². The molecular formula is C17H15BrO4. The van der Waals surface area contributed by atoms with Gasteiger partial charge in [0.2, 0.25) is 0 Å². The van der Waals surface area contributed by atoms with Gasteiger partial charge in [0.25, 0.3) is 0 Å². The van der Waals surface area contributed by atoms with E-state index in [1.54, 1.807) is 37.4 Å². The summed E-state index contributed by atoms with van der Waals surface area (Å²) in [5.74, 6) is -0.155. The Hall–Kier alpha value is -2.14. The number of esters is 1. The minimum absolute atomic E-state index is 0.274. The summed E-state index contributed by atoms with van der Waals surface area (Å²) in [5, 5.41) is 0. The fourth-order valence-corrected chi connectivity index (χ4v) is 2.37. The molecule has 2 aromatic carbocycles. The monoisotopic (exact) mass is 362 g/mol. The third-order valence-electron chi connectivity index (χ3n) is 3.10. The topological polar surface area (TPSA) is 52.6 Å².